The lowest BCUT2D eigenvalue weighted by Gasteiger charge is -2.39. The van der Waals surface area contributed by atoms with E-state index in [0.29, 0.717) is 5.95 Å². The zero-order chi connectivity index (χ0) is 15.1. The summed E-state index contributed by atoms with van der Waals surface area (Å²) in [5.41, 5.74) is 3.41. The summed E-state index contributed by atoms with van der Waals surface area (Å²) in [6, 6.07) is 0.416. The van der Waals surface area contributed by atoms with E-state index in [1.807, 2.05) is 11.5 Å². The Bertz CT molecular complexity index is 662. The van der Waals surface area contributed by atoms with Gasteiger partial charge in [0.15, 0.2) is 11.6 Å². The van der Waals surface area contributed by atoms with Gasteiger partial charge in [0.2, 0.25) is 5.95 Å². The Morgan fingerprint density at radius 2 is 2.14 bits per heavy atom. The smallest absolute Gasteiger partial charge is 0.239 e. The second-order valence-corrected chi connectivity index (χ2v) is 5.41. The van der Waals surface area contributed by atoms with E-state index in [-0.39, 0.29) is 12.1 Å². The first-order chi connectivity index (χ1) is 10.1. The van der Waals surface area contributed by atoms with Crippen LogP contribution >= 0.6 is 0 Å². The summed E-state index contributed by atoms with van der Waals surface area (Å²) in [7, 11) is 0. The van der Waals surface area contributed by atoms with Gasteiger partial charge < -0.3 is 4.90 Å². The van der Waals surface area contributed by atoms with Gasteiger partial charge in [-0.1, -0.05) is 6.92 Å². The van der Waals surface area contributed by atoms with E-state index in [1.165, 1.54) is 0 Å². The van der Waals surface area contributed by atoms with E-state index in [1.54, 1.807) is 6.20 Å². The van der Waals surface area contributed by atoms with E-state index in [4.69, 9.17) is 5.84 Å². The first-order valence-electron chi connectivity index (χ1n) is 7.12. The fraction of sp³-hybridized carbons (Fsp3) is 0.538. The van der Waals surface area contributed by atoms with E-state index in [9.17, 15) is 0 Å². The molecule has 3 rings (SSSR count). The van der Waals surface area contributed by atoms with Crippen LogP contribution in [0.3, 0.4) is 0 Å². The van der Waals surface area contributed by atoms with Crippen LogP contribution in [0.1, 0.15) is 44.9 Å². The molecule has 3 N–H and O–H groups in total. The molecule has 3 heterocycles. The third-order valence-corrected chi connectivity index (χ3v) is 3.79. The van der Waals surface area contributed by atoms with E-state index >= 15 is 0 Å². The third kappa shape index (κ3) is 1.94. The normalized spacial score (nSPS) is 16.9. The molecule has 0 fully saturated rings. The largest absolute Gasteiger partial charge is 0.342 e. The summed E-state index contributed by atoms with van der Waals surface area (Å²) in [6.07, 6.45) is 2.68. The first kappa shape index (κ1) is 13.7. The number of rotatable bonds is 3. The van der Waals surface area contributed by atoms with Gasteiger partial charge in [-0.2, -0.15) is 4.98 Å². The molecule has 0 aliphatic carbocycles. The molecule has 21 heavy (non-hydrogen) atoms. The van der Waals surface area contributed by atoms with Crippen molar-refractivity contribution in [2.24, 2.45) is 5.84 Å². The van der Waals surface area contributed by atoms with Crippen LogP contribution in [-0.4, -0.2) is 30.8 Å². The molecule has 2 aromatic rings. The minimum absolute atomic E-state index is 0.138. The topological polar surface area (TPSA) is 97.8 Å². The number of aryl methyl sites for hydroxylation is 1. The first-order valence-corrected chi connectivity index (χ1v) is 7.12. The predicted octanol–water partition coefficient (Wildman–Crippen LogP) is 1.33. The van der Waals surface area contributed by atoms with Crippen LogP contribution in [-0.2, 0) is 0 Å². The molecular formula is C13H20N8. The zero-order valence-electron chi connectivity index (χ0n) is 12.7. The molecule has 8 nitrogen and oxygen atoms in total. The van der Waals surface area contributed by atoms with Crippen LogP contribution in [0.5, 0.6) is 0 Å². The Morgan fingerprint density at radius 3 is 2.76 bits per heavy atom. The van der Waals surface area contributed by atoms with Gasteiger partial charge in [0, 0.05) is 6.04 Å². The number of fused-ring (bicyclic) bond motifs is 3. The van der Waals surface area contributed by atoms with Gasteiger partial charge in [-0.3, -0.25) is 9.99 Å². The SMILES string of the molecule is CCC1c2nnc(C)n2-c2cnc(NN)nc2N1C(C)C. The fourth-order valence-electron chi connectivity index (χ4n) is 2.93. The van der Waals surface area contributed by atoms with Crippen LogP contribution < -0.4 is 16.2 Å². The van der Waals surface area contributed by atoms with E-state index in [0.717, 1.165) is 29.6 Å². The fourth-order valence-corrected chi connectivity index (χ4v) is 2.93. The number of aromatic nitrogens is 5. The average Bonchev–Trinajstić information content (AvgIpc) is 2.87. The predicted molar refractivity (Wildman–Crippen MR) is 80.1 cm³/mol. The Balaban J connectivity index is 2.28. The van der Waals surface area contributed by atoms with Crippen molar-refractivity contribution < 1.29 is 0 Å². The molecular weight excluding hydrogens is 268 g/mol. The van der Waals surface area contributed by atoms with Crippen LogP contribution in [0.4, 0.5) is 11.8 Å². The number of nitrogens with two attached hydrogens (primary N) is 1. The number of hydrazine groups is 1. The van der Waals surface area contributed by atoms with Gasteiger partial charge >= 0.3 is 0 Å². The highest BCUT2D eigenvalue weighted by Gasteiger charge is 2.35. The van der Waals surface area contributed by atoms with Crippen molar-refractivity contribution in [3.05, 3.63) is 17.8 Å². The van der Waals surface area contributed by atoms with Crippen molar-refractivity contribution in [2.75, 3.05) is 10.3 Å². The minimum Gasteiger partial charge on any atom is -0.342 e. The highest BCUT2D eigenvalue weighted by molar-refractivity contribution is 5.63. The maximum atomic E-state index is 5.45. The van der Waals surface area contributed by atoms with Crippen molar-refractivity contribution in [1.82, 2.24) is 24.7 Å². The molecule has 1 aliphatic rings. The summed E-state index contributed by atoms with van der Waals surface area (Å²) in [5, 5.41) is 8.58. The molecule has 0 amide bonds. The summed E-state index contributed by atoms with van der Waals surface area (Å²) < 4.78 is 2.03. The molecule has 0 spiro atoms. The van der Waals surface area contributed by atoms with E-state index in [2.05, 4.69) is 51.3 Å². The van der Waals surface area contributed by atoms with Crippen molar-refractivity contribution >= 4 is 11.8 Å². The highest BCUT2D eigenvalue weighted by atomic mass is 15.4. The molecule has 0 aromatic carbocycles. The number of nitrogen functional groups attached to an aromatic ring is 1. The molecule has 0 radical (unpaired) electrons. The number of anilines is 2. The molecule has 112 valence electrons. The van der Waals surface area contributed by atoms with E-state index < -0.39 is 0 Å². The van der Waals surface area contributed by atoms with Gasteiger partial charge in [-0.25, -0.2) is 10.8 Å². The maximum absolute atomic E-state index is 5.45. The van der Waals surface area contributed by atoms with Crippen molar-refractivity contribution in [2.45, 2.75) is 46.2 Å². The summed E-state index contributed by atoms with van der Waals surface area (Å²) in [5.74, 6) is 8.49. The van der Waals surface area contributed by atoms with Crippen molar-refractivity contribution in [1.29, 1.82) is 0 Å². The number of hydrogen-bond acceptors (Lipinski definition) is 7. The number of hydrogen-bond donors (Lipinski definition) is 2. The summed E-state index contributed by atoms with van der Waals surface area (Å²) in [4.78, 5) is 11.0. The average molecular weight is 288 g/mol. The molecule has 0 bridgehead atoms. The second-order valence-electron chi connectivity index (χ2n) is 5.41. The quantitative estimate of drug-likeness (QED) is 0.649. The second kappa shape index (κ2) is 4.96. The van der Waals surface area contributed by atoms with Gasteiger partial charge in [-0.15, -0.1) is 10.2 Å². The van der Waals surface area contributed by atoms with Crippen LogP contribution in [0, 0.1) is 6.92 Å². The summed E-state index contributed by atoms with van der Waals surface area (Å²) in [6.45, 7) is 8.36. The molecule has 1 atom stereocenters. The van der Waals surface area contributed by atoms with Crippen molar-refractivity contribution in [3.63, 3.8) is 0 Å². The van der Waals surface area contributed by atoms with Crippen LogP contribution in [0.15, 0.2) is 6.20 Å². The van der Waals surface area contributed by atoms with Crippen molar-refractivity contribution in [3.8, 4) is 5.69 Å². The molecule has 1 aliphatic heterocycles. The monoisotopic (exact) mass is 288 g/mol. The lowest BCUT2D eigenvalue weighted by Crippen LogP contribution is -2.40. The maximum Gasteiger partial charge on any atom is 0.239 e. The Labute approximate surface area is 123 Å². The van der Waals surface area contributed by atoms with Crippen LogP contribution in [0.25, 0.3) is 5.69 Å². The van der Waals surface area contributed by atoms with Crippen LogP contribution in [0.2, 0.25) is 0 Å². The molecule has 2 aromatic heterocycles. The van der Waals surface area contributed by atoms with Gasteiger partial charge in [0.1, 0.15) is 11.5 Å². The lowest BCUT2D eigenvalue weighted by atomic mass is 10.1. The Morgan fingerprint density at radius 1 is 1.38 bits per heavy atom. The highest BCUT2D eigenvalue weighted by Crippen LogP contribution is 2.39. The molecule has 0 saturated carbocycles. The lowest BCUT2D eigenvalue weighted by molar-refractivity contribution is 0.496. The van der Waals surface area contributed by atoms with Gasteiger partial charge in [0.25, 0.3) is 0 Å². The Hall–Kier alpha value is -2.22. The molecule has 8 heteroatoms. The van der Waals surface area contributed by atoms with Gasteiger partial charge in [-0.05, 0) is 27.2 Å². The minimum atomic E-state index is 0.138. The summed E-state index contributed by atoms with van der Waals surface area (Å²) >= 11 is 0. The third-order valence-electron chi connectivity index (χ3n) is 3.79. The number of nitrogens with zero attached hydrogens (tertiary/aromatic N) is 6. The standard InChI is InChI=1S/C13H20N8/c1-5-9-12-19-18-8(4)21(12)10-6-15-13(17-14)16-11(10)20(9)7(2)3/h6-7,9H,5,14H2,1-4H3,(H,15,16,17). The Kier molecular flexibility index (Phi) is 3.25. The zero-order valence-corrected chi connectivity index (χ0v) is 12.7. The number of nitrogens with one attached hydrogen (secondary N) is 1. The molecule has 1 unspecified atom stereocenters. The van der Waals surface area contributed by atoms with Gasteiger partial charge in [0.05, 0.1) is 12.2 Å². The molecule has 0 saturated heterocycles.